The van der Waals surface area contributed by atoms with Gasteiger partial charge in [-0.15, -0.1) is 0 Å². The Morgan fingerprint density at radius 1 is 1.13 bits per heavy atom. The van der Waals surface area contributed by atoms with Crippen molar-refractivity contribution in [2.45, 2.75) is 58.9 Å². The SMILES string of the molecule is CC1(C)C2CN(C(=O)[C@@H](NC(=O)C(F)(F)F)C(C)(C)C)C(C(=O)NC(C#N)c3cncc4ccccc34)C21. The van der Waals surface area contributed by atoms with E-state index in [2.05, 4.69) is 16.4 Å². The van der Waals surface area contributed by atoms with Crippen LogP contribution >= 0.6 is 0 Å². The number of halogens is 3. The third kappa shape index (κ3) is 4.79. The number of rotatable bonds is 5. The minimum Gasteiger partial charge on any atom is -0.336 e. The van der Waals surface area contributed by atoms with Gasteiger partial charge in [0.15, 0.2) is 0 Å². The van der Waals surface area contributed by atoms with Gasteiger partial charge in [-0.2, -0.15) is 18.4 Å². The summed E-state index contributed by atoms with van der Waals surface area (Å²) in [5, 5.41) is 16.0. The van der Waals surface area contributed by atoms with Gasteiger partial charge in [-0.3, -0.25) is 19.4 Å². The molecule has 2 heterocycles. The third-order valence-electron chi connectivity index (χ3n) is 7.83. The van der Waals surface area contributed by atoms with Crippen LogP contribution in [0.4, 0.5) is 13.2 Å². The van der Waals surface area contributed by atoms with Gasteiger partial charge >= 0.3 is 12.1 Å². The van der Waals surface area contributed by atoms with E-state index in [4.69, 9.17) is 0 Å². The Morgan fingerprint density at radius 3 is 2.39 bits per heavy atom. The van der Waals surface area contributed by atoms with E-state index in [1.54, 1.807) is 33.0 Å². The first-order chi connectivity index (χ1) is 17.6. The number of benzene rings is 1. The molecule has 2 N–H and O–H groups in total. The van der Waals surface area contributed by atoms with Gasteiger partial charge in [-0.1, -0.05) is 58.9 Å². The maximum absolute atomic E-state index is 13.7. The molecular formula is C27H30F3N5O3. The highest BCUT2D eigenvalue weighted by molar-refractivity contribution is 5.95. The molecule has 2 aliphatic rings. The highest BCUT2D eigenvalue weighted by Crippen LogP contribution is 2.65. The fraction of sp³-hybridized carbons (Fsp3) is 0.519. The van der Waals surface area contributed by atoms with Crippen molar-refractivity contribution in [2.24, 2.45) is 22.7 Å². The molecule has 2 fully saturated rings. The fourth-order valence-corrected chi connectivity index (χ4v) is 5.62. The smallest absolute Gasteiger partial charge is 0.336 e. The third-order valence-corrected chi connectivity index (χ3v) is 7.83. The van der Waals surface area contributed by atoms with Gasteiger partial charge in [0.1, 0.15) is 18.1 Å². The molecule has 38 heavy (non-hydrogen) atoms. The highest BCUT2D eigenvalue weighted by Gasteiger charge is 2.70. The lowest BCUT2D eigenvalue weighted by molar-refractivity contribution is -0.176. The van der Waals surface area contributed by atoms with Crippen LogP contribution in [0, 0.1) is 34.0 Å². The number of carbonyl (C=O) groups is 3. The first-order valence-corrected chi connectivity index (χ1v) is 12.3. The number of nitrogens with zero attached hydrogens (tertiary/aromatic N) is 3. The van der Waals surface area contributed by atoms with Crippen molar-refractivity contribution in [1.82, 2.24) is 20.5 Å². The second-order valence-corrected chi connectivity index (χ2v) is 11.7. The van der Waals surface area contributed by atoms with Gasteiger partial charge in [0.25, 0.3) is 0 Å². The van der Waals surface area contributed by atoms with Crippen molar-refractivity contribution < 1.29 is 27.6 Å². The fourth-order valence-electron chi connectivity index (χ4n) is 5.62. The summed E-state index contributed by atoms with van der Waals surface area (Å²) in [6.07, 6.45) is -2.02. The predicted molar refractivity (Wildman–Crippen MR) is 132 cm³/mol. The first kappa shape index (κ1) is 27.4. The van der Waals surface area contributed by atoms with Gasteiger partial charge in [0.05, 0.1) is 6.07 Å². The van der Waals surface area contributed by atoms with Crippen LogP contribution in [-0.4, -0.2) is 52.4 Å². The average molecular weight is 530 g/mol. The second-order valence-electron chi connectivity index (χ2n) is 11.7. The summed E-state index contributed by atoms with van der Waals surface area (Å²) < 4.78 is 39.1. The topological polar surface area (TPSA) is 115 Å². The molecule has 1 saturated carbocycles. The quantitative estimate of drug-likeness (QED) is 0.615. The molecule has 202 valence electrons. The Kier molecular flexibility index (Phi) is 6.66. The summed E-state index contributed by atoms with van der Waals surface area (Å²) >= 11 is 0. The zero-order valence-corrected chi connectivity index (χ0v) is 21.8. The van der Waals surface area contributed by atoms with E-state index in [1.165, 1.54) is 11.1 Å². The molecule has 0 radical (unpaired) electrons. The van der Waals surface area contributed by atoms with E-state index in [9.17, 15) is 32.8 Å². The number of nitrogens with one attached hydrogen (secondary N) is 2. The molecule has 2 aromatic rings. The Morgan fingerprint density at radius 2 is 1.79 bits per heavy atom. The van der Waals surface area contributed by atoms with Crippen LogP contribution in [0.15, 0.2) is 36.7 Å². The van der Waals surface area contributed by atoms with Crippen LogP contribution in [0.2, 0.25) is 0 Å². The van der Waals surface area contributed by atoms with Crippen molar-refractivity contribution >= 4 is 28.5 Å². The molecular weight excluding hydrogens is 499 g/mol. The minimum atomic E-state index is -5.16. The number of hydrogen-bond acceptors (Lipinski definition) is 5. The Balaban J connectivity index is 1.63. The van der Waals surface area contributed by atoms with Gasteiger partial charge < -0.3 is 15.5 Å². The van der Waals surface area contributed by atoms with E-state index in [1.807, 2.05) is 37.4 Å². The molecule has 1 aromatic carbocycles. The predicted octanol–water partition coefficient (Wildman–Crippen LogP) is 3.49. The van der Waals surface area contributed by atoms with Gasteiger partial charge in [-0.25, -0.2) is 0 Å². The van der Waals surface area contributed by atoms with Crippen molar-refractivity contribution in [3.8, 4) is 6.07 Å². The lowest BCUT2D eigenvalue weighted by atomic mass is 9.85. The second kappa shape index (κ2) is 9.26. The number of likely N-dealkylation sites (tertiary alicyclic amines) is 1. The van der Waals surface area contributed by atoms with E-state index in [0.29, 0.717) is 5.56 Å². The molecule has 4 unspecified atom stereocenters. The Hall–Kier alpha value is -3.68. The number of pyridine rings is 1. The van der Waals surface area contributed by atoms with Crippen LogP contribution < -0.4 is 10.6 Å². The van der Waals surface area contributed by atoms with Crippen LogP contribution in [0.5, 0.6) is 0 Å². The van der Waals surface area contributed by atoms with E-state index in [-0.39, 0.29) is 23.8 Å². The number of aromatic nitrogens is 1. The Bertz CT molecular complexity index is 1320. The molecule has 4 rings (SSSR count). The van der Waals surface area contributed by atoms with E-state index in [0.717, 1.165) is 10.8 Å². The van der Waals surface area contributed by atoms with Crippen molar-refractivity contribution in [3.05, 3.63) is 42.2 Å². The molecule has 11 heteroatoms. The number of piperidine rings is 1. The summed E-state index contributed by atoms with van der Waals surface area (Å²) in [7, 11) is 0. The van der Waals surface area contributed by atoms with Gasteiger partial charge in [-0.05, 0) is 28.1 Å². The largest absolute Gasteiger partial charge is 0.471 e. The summed E-state index contributed by atoms with van der Waals surface area (Å²) in [6.45, 7) is 8.72. The van der Waals surface area contributed by atoms with Crippen LogP contribution in [-0.2, 0) is 14.4 Å². The zero-order chi connectivity index (χ0) is 28.2. The van der Waals surface area contributed by atoms with Crippen molar-refractivity contribution in [2.75, 3.05) is 6.54 Å². The molecule has 3 amide bonds. The average Bonchev–Trinajstić information content (AvgIpc) is 3.16. The maximum atomic E-state index is 13.7. The van der Waals surface area contributed by atoms with Crippen LogP contribution in [0.3, 0.4) is 0 Å². The number of nitriles is 1. The Labute approximate surface area is 218 Å². The number of alkyl halides is 3. The monoisotopic (exact) mass is 529 g/mol. The lowest BCUT2D eigenvalue weighted by Gasteiger charge is -2.37. The number of fused-ring (bicyclic) bond motifs is 2. The highest BCUT2D eigenvalue weighted by atomic mass is 19.4. The summed E-state index contributed by atoms with van der Waals surface area (Å²) in [6, 6.07) is 5.78. The standard InChI is InChI=1S/C27H30F3N5O3/c1-25(2,3)21(34-24(38)27(28,29)30)23(37)35-13-17-19(26(17,4)5)20(35)22(36)33-18(10-31)16-12-32-11-14-8-6-7-9-15(14)16/h6-9,11-12,17-21H,13H2,1-5H3,(H,33,36)(H,34,38)/t17?,18?,19?,20?,21-/m1/s1. The van der Waals surface area contributed by atoms with E-state index < -0.39 is 47.4 Å². The zero-order valence-electron chi connectivity index (χ0n) is 21.8. The summed E-state index contributed by atoms with van der Waals surface area (Å²) in [5.41, 5.74) is -0.842. The molecule has 1 aliphatic heterocycles. The first-order valence-electron chi connectivity index (χ1n) is 12.3. The minimum absolute atomic E-state index is 0.0408. The maximum Gasteiger partial charge on any atom is 0.471 e. The van der Waals surface area contributed by atoms with Gasteiger partial charge in [0, 0.05) is 29.9 Å². The van der Waals surface area contributed by atoms with Crippen LogP contribution in [0.25, 0.3) is 10.8 Å². The van der Waals surface area contributed by atoms with Gasteiger partial charge in [0.2, 0.25) is 11.8 Å². The molecule has 1 aliphatic carbocycles. The van der Waals surface area contributed by atoms with Crippen molar-refractivity contribution in [3.63, 3.8) is 0 Å². The lowest BCUT2D eigenvalue weighted by Crippen LogP contribution is -2.60. The molecule has 0 spiro atoms. The number of carbonyl (C=O) groups excluding carboxylic acids is 3. The molecule has 8 nitrogen and oxygen atoms in total. The molecule has 0 bridgehead atoms. The van der Waals surface area contributed by atoms with E-state index >= 15 is 0 Å². The van der Waals surface area contributed by atoms with Crippen molar-refractivity contribution in [1.29, 1.82) is 5.26 Å². The molecule has 1 aromatic heterocycles. The number of amides is 3. The summed E-state index contributed by atoms with van der Waals surface area (Å²) in [5.74, 6) is -3.84. The molecule has 5 atom stereocenters. The molecule has 1 saturated heterocycles. The number of hydrogen-bond donors (Lipinski definition) is 2. The normalized spacial score (nSPS) is 23.7. The summed E-state index contributed by atoms with van der Waals surface area (Å²) in [4.78, 5) is 44.5. The van der Waals surface area contributed by atoms with Crippen LogP contribution in [0.1, 0.15) is 46.2 Å².